The van der Waals surface area contributed by atoms with E-state index >= 15 is 0 Å². The summed E-state index contributed by atoms with van der Waals surface area (Å²) in [4.78, 5) is 0. The Morgan fingerprint density at radius 3 is 2.67 bits per heavy atom. The van der Waals surface area contributed by atoms with E-state index in [4.69, 9.17) is 4.74 Å². The van der Waals surface area contributed by atoms with Crippen LogP contribution in [0.1, 0.15) is 38.5 Å². The summed E-state index contributed by atoms with van der Waals surface area (Å²) in [7, 11) is 0. The molecule has 1 aliphatic heterocycles. The van der Waals surface area contributed by atoms with E-state index in [0.29, 0.717) is 5.92 Å². The molecule has 0 radical (unpaired) electrons. The van der Waals surface area contributed by atoms with Gasteiger partial charge in [0.1, 0.15) is 0 Å². The van der Waals surface area contributed by atoms with Gasteiger partial charge in [-0.1, -0.05) is 6.42 Å². The lowest BCUT2D eigenvalue weighted by atomic mass is 9.80. The van der Waals surface area contributed by atoms with E-state index in [1.165, 1.54) is 32.1 Å². The van der Waals surface area contributed by atoms with Crippen LogP contribution >= 0.6 is 0 Å². The number of fused-ring (bicyclic) bond motifs is 2. The Morgan fingerprint density at radius 1 is 1.07 bits per heavy atom. The van der Waals surface area contributed by atoms with Crippen LogP contribution in [-0.2, 0) is 4.74 Å². The highest BCUT2D eigenvalue weighted by atomic mass is 16.5. The molecule has 0 aromatic rings. The van der Waals surface area contributed by atoms with Crippen LogP contribution in [0.25, 0.3) is 0 Å². The van der Waals surface area contributed by atoms with Gasteiger partial charge in [-0.3, -0.25) is 0 Å². The van der Waals surface area contributed by atoms with Crippen LogP contribution in [0.4, 0.5) is 0 Å². The number of hydrogen-bond donors (Lipinski definition) is 1. The molecule has 5 atom stereocenters. The van der Waals surface area contributed by atoms with Gasteiger partial charge in [0.2, 0.25) is 0 Å². The van der Waals surface area contributed by atoms with Gasteiger partial charge in [0.05, 0.1) is 12.7 Å². The molecule has 2 bridgehead atoms. The van der Waals surface area contributed by atoms with Crippen molar-refractivity contribution in [1.82, 2.24) is 0 Å². The van der Waals surface area contributed by atoms with Crippen LogP contribution < -0.4 is 0 Å². The highest BCUT2D eigenvalue weighted by Gasteiger charge is 2.41. The largest absolute Gasteiger partial charge is 0.393 e. The van der Waals surface area contributed by atoms with Crippen molar-refractivity contribution in [2.75, 3.05) is 13.2 Å². The van der Waals surface area contributed by atoms with E-state index in [9.17, 15) is 5.11 Å². The van der Waals surface area contributed by atoms with Crippen molar-refractivity contribution >= 4 is 0 Å². The quantitative estimate of drug-likeness (QED) is 0.757. The Morgan fingerprint density at radius 2 is 2.00 bits per heavy atom. The van der Waals surface area contributed by atoms with Gasteiger partial charge in [-0.05, 0) is 49.9 Å². The predicted octanol–water partition coefficient (Wildman–Crippen LogP) is 2.21. The van der Waals surface area contributed by atoms with Gasteiger partial charge >= 0.3 is 0 Å². The molecule has 1 heterocycles. The Kier molecular flexibility index (Phi) is 2.73. The molecule has 1 saturated heterocycles. The molecule has 3 aliphatic rings. The van der Waals surface area contributed by atoms with Gasteiger partial charge in [0.15, 0.2) is 0 Å². The third-order valence-corrected chi connectivity index (χ3v) is 4.92. The lowest BCUT2D eigenvalue weighted by molar-refractivity contribution is -0.0461. The Bertz CT molecular complexity index is 229. The molecule has 0 amide bonds. The standard InChI is InChI=1S/C13H22O2/c14-13-3-4-15-8-12(13)7-11-6-9-1-2-10(11)5-9/h9-14H,1-8H2. The number of ether oxygens (including phenoxy) is 1. The van der Waals surface area contributed by atoms with Crippen molar-refractivity contribution in [3.05, 3.63) is 0 Å². The summed E-state index contributed by atoms with van der Waals surface area (Å²) >= 11 is 0. The van der Waals surface area contributed by atoms with Crippen molar-refractivity contribution in [2.45, 2.75) is 44.6 Å². The van der Waals surface area contributed by atoms with Crippen LogP contribution in [0.15, 0.2) is 0 Å². The fourth-order valence-electron chi connectivity index (χ4n) is 4.06. The second-order valence-corrected chi connectivity index (χ2v) is 5.86. The Balaban J connectivity index is 1.56. The smallest absolute Gasteiger partial charge is 0.0612 e. The second kappa shape index (κ2) is 4.06. The summed E-state index contributed by atoms with van der Waals surface area (Å²) in [6.07, 6.45) is 7.85. The summed E-state index contributed by atoms with van der Waals surface area (Å²) in [5, 5.41) is 9.92. The molecule has 2 saturated carbocycles. The lowest BCUT2D eigenvalue weighted by Gasteiger charge is -2.32. The minimum absolute atomic E-state index is 0.0853. The van der Waals surface area contributed by atoms with Crippen molar-refractivity contribution in [1.29, 1.82) is 0 Å². The Labute approximate surface area is 92.0 Å². The second-order valence-electron chi connectivity index (χ2n) is 5.86. The number of aliphatic hydroxyl groups is 1. The zero-order chi connectivity index (χ0) is 10.3. The highest BCUT2D eigenvalue weighted by molar-refractivity contribution is 4.91. The van der Waals surface area contributed by atoms with E-state index in [-0.39, 0.29) is 6.10 Å². The van der Waals surface area contributed by atoms with Gasteiger partial charge in [-0.2, -0.15) is 0 Å². The first kappa shape index (κ1) is 10.1. The molecule has 5 unspecified atom stereocenters. The lowest BCUT2D eigenvalue weighted by Crippen LogP contribution is -2.34. The maximum absolute atomic E-state index is 9.92. The maximum Gasteiger partial charge on any atom is 0.0612 e. The van der Waals surface area contributed by atoms with Gasteiger partial charge in [0.25, 0.3) is 0 Å². The van der Waals surface area contributed by atoms with Crippen LogP contribution in [0.5, 0.6) is 0 Å². The first-order valence-corrected chi connectivity index (χ1v) is 6.58. The summed E-state index contributed by atoms with van der Waals surface area (Å²) in [6.45, 7) is 1.56. The molecule has 1 N–H and O–H groups in total. The molecule has 3 rings (SSSR count). The normalized spacial score (nSPS) is 49.8. The highest BCUT2D eigenvalue weighted by Crippen LogP contribution is 2.50. The molecule has 86 valence electrons. The van der Waals surface area contributed by atoms with Crippen molar-refractivity contribution in [2.24, 2.45) is 23.7 Å². The van der Waals surface area contributed by atoms with E-state index in [1.807, 2.05) is 0 Å². The van der Waals surface area contributed by atoms with Crippen LogP contribution in [0.3, 0.4) is 0 Å². The average Bonchev–Trinajstić information content (AvgIpc) is 2.83. The van der Waals surface area contributed by atoms with E-state index in [2.05, 4.69) is 0 Å². The predicted molar refractivity (Wildman–Crippen MR) is 58.5 cm³/mol. The first-order valence-electron chi connectivity index (χ1n) is 6.58. The monoisotopic (exact) mass is 210 g/mol. The summed E-state index contributed by atoms with van der Waals surface area (Å²) in [5.74, 6) is 3.36. The van der Waals surface area contributed by atoms with Crippen LogP contribution in [0, 0.1) is 23.7 Å². The van der Waals surface area contributed by atoms with Crippen molar-refractivity contribution in [3.63, 3.8) is 0 Å². The van der Waals surface area contributed by atoms with E-state index < -0.39 is 0 Å². The molecule has 0 spiro atoms. The number of aliphatic hydroxyl groups excluding tert-OH is 1. The third-order valence-electron chi connectivity index (χ3n) is 4.92. The van der Waals surface area contributed by atoms with Crippen molar-refractivity contribution < 1.29 is 9.84 Å². The molecule has 0 aromatic heterocycles. The number of rotatable bonds is 2. The summed E-state index contributed by atoms with van der Waals surface area (Å²) < 4.78 is 5.48. The first-order chi connectivity index (χ1) is 7.33. The topological polar surface area (TPSA) is 29.5 Å². The van der Waals surface area contributed by atoms with Gasteiger partial charge < -0.3 is 9.84 Å². The van der Waals surface area contributed by atoms with Gasteiger partial charge in [0, 0.05) is 12.5 Å². The number of hydrogen-bond acceptors (Lipinski definition) is 2. The minimum atomic E-state index is -0.0853. The Hall–Kier alpha value is -0.0800. The molecule has 2 aliphatic carbocycles. The molecular formula is C13H22O2. The minimum Gasteiger partial charge on any atom is -0.393 e. The van der Waals surface area contributed by atoms with Crippen LogP contribution in [0.2, 0.25) is 0 Å². The molecule has 2 heteroatoms. The molecule has 15 heavy (non-hydrogen) atoms. The average molecular weight is 210 g/mol. The van der Waals surface area contributed by atoms with Crippen molar-refractivity contribution in [3.8, 4) is 0 Å². The SMILES string of the molecule is OC1CCOCC1CC1CC2CCC1C2. The zero-order valence-electron chi connectivity index (χ0n) is 9.40. The van der Waals surface area contributed by atoms with E-state index in [0.717, 1.165) is 37.4 Å². The third kappa shape index (κ3) is 1.94. The maximum atomic E-state index is 9.92. The molecular weight excluding hydrogens is 188 g/mol. The summed E-state index contributed by atoms with van der Waals surface area (Å²) in [5.41, 5.74) is 0. The summed E-state index contributed by atoms with van der Waals surface area (Å²) in [6, 6.07) is 0. The van der Waals surface area contributed by atoms with Gasteiger partial charge in [-0.15, -0.1) is 0 Å². The zero-order valence-corrected chi connectivity index (χ0v) is 9.40. The molecule has 0 aromatic carbocycles. The fourth-order valence-corrected chi connectivity index (χ4v) is 4.06. The molecule has 3 fully saturated rings. The van der Waals surface area contributed by atoms with E-state index in [1.54, 1.807) is 0 Å². The molecule has 2 nitrogen and oxygen atoms in total. The fraction of sp³-hybridized carbons (Fsp3) is 1.00. The van der Waals surface area contributed by atoms with Crippen LogP contribution in [-0.4, -0.2) is 24.4 Å². The van der Waals surface area contributed by atoms with Gasteiger partial charge in [-0.25, -0.2) is 0 Å².